The van der Waals surface area contributed by atoms with Crippen LogP contribution < -0.4 is 10.6 Å². The number of hydrogen-bond donors (Lipinski definition) is 2. The summed E-state index contributed by atoms with van der Waals surface area (Å²) in [5.41, 5.74) is 1.09. The monoisotopic (exact) mass is 250 g/mol. The van der Waals surface area contributed by atoms with Crippen LogP contribution in [0.1, 0.15) is 39.7 Å². The Labute approximate surface area is 111 Å². The molecule has 1 heterocycles. The number of nitrogens with one attached hydrogen (secondary N) is 2. The molecule has 0 aliphatic carbocycles. The van der Waals surface area contributed by atoms with E-state index < -0.39 is 0 Å². The van der Waals surface area contributed by atoms with Gasteiger partial charge in [-0.1, -0.05) is 27.7 Å². The van der Waals surface area contributed by atoms with Crippen molar-refractivity contribution < 1.29 is 0 Å². The van der Waals surface area contributed by atoms with Crippen LogP contribution in [0.4, 0.5) is 11.8 Å². The zero-order valence-corrected chi connectivity index (χ0v) is 12.2. The fourth-order valence-electron chi connectivity index (χ4n) is 1.44. The van der Waals surface area contributed by atoms with Gasteiger partial charge in [-0.3, -0.25) is 0 Å². The van der Waals surface area contributed by atoms with Crippen LogP contribution in [-0.4, -0.2) is 23.1 Å². The molecule has 0 fully saturated rings. The highest BCUT2D eigenvalue weighted by molar-refractivity contribution is 5.46. The Morgan fingerprint density at radius 3 is 2.56 bits per heavy atom. The maximum Gasteiger partial charge on any atom is 0.224 e. The molecule has 0 aliphatic rings. The van der Waals surface area contributed by atoms with Crippen LogP contribution in [-0.2, 0) is 0 Å². The van der Waals surface area contributed by atoms with E-state index in [2.05, 4.69) is 48.3 Å². The SMILES string of the molecule is CCCNc1ncc(C)c(NCC(C)C(C)C)n1. The van der Waals surface area contributed by atoms with Crippen molar-refractivity contribution in [1.82, 2.24) is 9.97 Å². The lowest BCUT2D eigenvalue weighted by atomic mass is 9.98. The largest absolute Gasteiger partial charge is 0.369 e. The molecule has 0 saturated carbocycles. The molecule has 0 bridgehead atoms. The topological polar surface area (TPSA) is 49.8 Å². The Kier molecular flexibility index (Phi) is 5.89. The summed E-state index contributed by atoms with van der Waals surface area (Å²) in [4.78, 5) is 8.78. The summed E-state index contributed by atoms with van der Waals surface area (Å²) in [7, 11) is 0. The Bertz CT molecular complexity index is 363. The normalized spacial score (nSPS) is 12.6. The second-order valence-corrected chi connectivity index (χ2v) is 5.25. The van der Waals surface area contributed by atoms with E-state index in [4.69, 9.17) is 0 Å². The van der Waals surface area contributed by atoms with Gasteiger partial charge in [0.25, 0.3) is 0 Å². The fraction of sp³-hybridized carbons (Fsp3) is 0.714. The average molecular weight is 250 g/mol. The Balaban J connectivity index is 2.63. The van der Waals surface area contributed by atoms with E-state index in [1.807, 2.05) is 13.1 Å². The van der Waals surface area contributed by atoms with E-state index in [1.165, 1.54) is 0 Å². The van der Waals surface area contributed by atoms with Gasteiger partial charge in [0, 0.05) is 24.8 Å². The van der Waals surface area contributed by atoms with Gasteiger partial charge < -0.3 is 10.6 Å². The molecule has 0 saturated heterocycles. The summed E-state index contributed by atoms with van der Waals surface area (Å²) in [6.45, 7) is 12.8. The number of anilines is 2. The summed E-state index contributed by atoms with van der Waals surface area (Å²) in [5, 5.41) is 6.63. The molecule has 0 spiro atoms. The molecular weight excluding hydrogens is 224 g/mol. The van der Waals surface area contributed by atoms with Gasteiger partial charge >= 0.3 is 0 Å². The number of hydrogen-bond acceptors (Lipinski definition) is 4. The maximum absolute atomic E-state index is 4.51. The lowest BCUT2D eigenvalue weighted by molar-refractivity contribution is 0.439. The Hall–Kier alpha value is -1.32. The first-order valence-electron chi connectivity index (χ1n) is 6.86. The third kappa shape index (κ3) is 4.51. The molecule has 0 radical (unpaired) electrons. The Morgan fingerprint density at radius 2 is 1.94 bits per heavy atom. The number of aryl methyl sites for hydroxylation is 1. The van der Waals surface area contributed by atoms with Crippen LogP contribution in [0, 0.1) is 18.8 Å². The number of rotatable bonds is 7. The van der Waals surface area contributed by atoms with Crippen molar-refractivity contribution in [3.8, 4) is 0 Å². The van der Waals surface area contributed by atoms with Gasteiger partial charge in [-0.05, 0) is 25.2 Å². The fourth-order valence-corrected chi connectivity index (χ4v) is 1.44. The lowest BCUT2D eigenvalue weighted by Gasteiger charge is -2.17. The van der Waals surface area contributed by atoms with Gasteiger partial charge in [0.1, 0.15) is 5.82 Å². The minimum atomic E-state index is 0.631. The predicted octanol–water partition coefficient (Wildman–Crippen LogP) is 3.31. The first-order valence-corrected chi connectivity index (χ1v) is 6.86. The van der Waals surface area contributed by atoms with Crippen LogP contribution >= 0.6 is 0 Å². The van der Waals surface area contributed by atoms with Gasteiger partial charge in [0.15, 0.2) is 0 Å². The van der Waals surface area contributed by atoms with Gasteiger partial charge in [-0.2, -0.15) is 4.98 Å². The van der Waals surface area contributed by atoms with Crippen molar-refractivity contribution in [3.63, 3.8) is 0 Å². The van der Waals surface area contributed by atoms with E-state index in [0.29, 0.717) is 17.8 Å². The summed E-state index contributed by atoms with van der Waals surface area (Å²) in [5.74, 6) is 2.96. The second-order valence-electron chi connectivity index (χ2n) is 5.25. The second kappa shape index (κ2) is 7.19. The summed E-state index contributed by atoms with van der Waals surface area (Å²) < 4.78 is 0. The minimum Gasteiger partial charge on any atom is -0.369 e. The lowest BCUT2D eigenvalue weighted by Crippen LogP contribution is -2.18. The van der Waals surface area contributed by atoms with Crippen LogP contribution in [0.5, 0.6) is 0 Å². The van der Waals surface area contributed by atoms with Crippen LogP contribution in [0.2, 0.25) is 0 Å². The zero-order chi connectivity index (χ0) is 13.5. The molecular formula is C14H26N4. The van der Waals surface area contributed by atoms with Crippen LogP contribution in [0.25, 0.3) is 0 Å². The van der Waals surface area contributed by atoms with E-state index in [0.717, 1.165) is 30.9 Å². The third-order valence-corrected chi connectivity index (χ3v) is 3.23. The predicted molar refractivity (Wildman–Crippen MR) is 78.0 cm³/mol. The minimum absolute atomic E-state index is 0.631. The Morgan fingerprint density at radius 1 is 1.22 bits per heavy atom. The van der Waals surface area contributed by atoms with Crippen LogP contribution in [0.15, 0.2) is 6.20 Å². The maximum atomic E-state index is 4.51. The highest BCUT2D eigenvalue weighted by Crippen LogP contribution is 2.15. The smallest absolute Gasteiger partial charge is 0.224 e. The van der Waals surface area contributed by atoms with E-state index in [1.54, 1.807) is 0 Å². The van der Waals surface area contributed by atoms with Crippen molar-refractivity contribution >= 4 is 11.8 Å². The van der Waals surface area contributed by atoms with E-state index in [9.17, 15) is 0 Å². The molecule has 1 aromatic rings. The molecule has 4 nitrogen and oxygen atoms in total. The zero-order valence-electron chi connectivity index (χ0n) is 12.2. The molecule has 0 aliphatic heterocycles. The molecule has 1 aromatic heterocycles. The van der Waals surface area contributed by atoms with Crippen molar-refractivity contribution in [1.29, 1.82) is 0 Å². The average Bonchev–Trinajstić information content (AvgIpc) is 2.35. The van der Waals surface area contributed by atoms with Gasteiger partial charge in [-0.25, -0.2) is 4.98 Å². The highest BCUT2D eigenvalue weighted by atomic mass is 15.1. The van der Waals surface area contributed by atoms with E-state index >= 15 is 0 Å². The first kappa shape index (κ1) is 14.7. The standard InChI is InChI=1S/C14H26N4/c1-6-7-15-14-17-9-12(5)13(18-14)16-8-11(4)10(2)3/h9-11H,6-8H2,1-5H3,(H2,15,16,17,18). The molecule has 4 heteroatoms. The molecule has 0 amide bonds. The summed E-state index contributed by atoms with van der Waals surface area (Å²) in [6.07, 6.45) is 2.94. The molecule has 1 atom stereocenters. The van der Waals surface area contributed by atoms with Gasteiger partial charge in [0.05, 0.1) is 0 Å². The van der Waals surface area contributed by atoms with Crippen molar-refractivity contribution in [3.05, 3.63) is 11.8 Å². The summed E-state index contributed by atoms with van der Waals surface area (Å²) in [6, 6.07) is 0. The van der Waals surface area contributed by atoms with Gasteiger partial charge in [-0.15, -0.1) is 0 Å². The molecule has 1 rings (SSSR count). The molecule has 18 heavy (non-hydrogen) atoms. The quantitative estimate of drug-likeness (QED) is 0.779. The molecule has 102 valence electrons. The number of nitrogens with zero attached hydrogens (tertiary/aromatic N) is 2. The third-order valence-electron chi connectivity index (χ3n) is 3.23. The van der Waals surface area contributed by atoms with Crippen molar-refractivity contribution in [2.75, 3.05) is 23.7 Å². The van der Waals surface area contributed by atoms with E-state index in [-0.39, 0.29) is 0 Å². The highest BCUT2D eigenvalue weighted by Gasteiger charge is 2.09. The van der Waals surface area contributed by atoms with Crippen molar-refractivity contribution in [2.24, 2.45) is 11.8 Å². The van der Waals surface area contributed by atoms with Gasteiger partial charge in [0.2, 0.25) is 5.95 Å². The van der Waals surface area contributed by atoms with Crippen LogP contribution in [0.3, 0.4) is 0 Å². The number of aromatic nitrogens is 2. The molecule has 1 unspecified atom stereocenters. The molecule has 0 aromatic carbocycles. The first-order chi connectivity index (χ1) is 8.54. The summed E-state index contributed by atoms with van der Waals surface area (Å²) >= 11 is 0. The molecule has 2 N–H and O–H groups in total. The van der Waals surface area contributed by atoms with Crippen molar-refractivity contribution in [2.45, 2.75) is 41.0 Å².